The van der Waals surface area contributed by atoms with Crippen molar-refractivity contribution in [3.8, 4) is 0 Å². The fourth-order valence-electron chi connectivity index (χ4n) is 1.58. The third-order valence-electron chi connectivity index (χ3n) is 2.53. The summed E-state index contributed by atoms with van der Waals surface area (Å²) in [4.78, 5) is 33.0. The molecule has 0 radical (unpaired) electrons. The fraction of sp³-hybridized carbons (Fsp3) is 0.500. The number of nitrogens with two attached hydrogens (primary N) is 1. The number of carboxylic acid groups (broad SMARTS) is 1. The first-order chi connectivity index (χ1) is 9.19. The SMILES string of the molecule is NC(=O)CC[C@H](NC(=O)NC1C=CS(=O)(=O)C1)C(=O)O. The van der Waals surface area contributed by atoms with Gasteiger partial charge >= 0.3 is 12.0 Å². The third-order valence-corrected chi connectivity index (χ3v) is 3.92. The van der Waals surface area contributed by atoms with Crippen LogP contribution in [0, 0.1) is 0 Å². The second-order valence-corrected chi connectivity index (χ2v) is 6.21. The molecule has 0 fully saturated rings. The van der Waals surface area contributed by atoms with Gasteiger partial charge in [-0.1, -0.05) is 0 Å². The van der Waals surface area contributed by atoms with E-state index in [0.29, 0.717) is 0 Å². The van der Waals surface area contributed by atoms with E-state index in [1.807, 2.05) is 0 Å². The van der Waals surface area contributed by atoms with Crippen molar-refractivity contribution in [2.45, 2.75) is 24.9 Å². The Bertz CT molecular complexity index is 541. The molecule has 1 rings (SSSR count). The van der Waals surface area contributed by atoms with Crippen molar-refractivity contribution in [1.82, 2.24) is 10.6 Å². The predicted octanol–water partition coefficient (Wildman–Crippen LogP) is -1.68. The van der Waals surface area contributed by atoms with Gasteiger partial charge in [0.1, 0.15) is 6.04 Å². The topological polar surface area (TPSA) is 156 Å². The first kappa shape index (κ1) is 16.0. The highest BCUT2D eigenvalue weighted by atomic mass is 32.2. The van der Waals surface area contributed by atoms with Crippen LogP contribution in [-0.4, -0.2) is 49.3 Å². The van der Waals surface area contributed by atoms with Crippen molar-refractivity contribution in [3.05, 3.63) is 11.5 Å². The summed E-state index contributed by atoms with van der Waals surface area (Å²) in [7, 11) is -3.31. The summed E-state index contributed by atoms with van der Waals surface area (Å²) < 4.78 is 22.3. The normalized spacial score (nSPS) is 21.1. The summed E-state index contributed by atoms with van der Waals surface area (Å²) >= 11 is 0. The van der Waals surface area contributed by atoms with Crippen LogP contribution in [0.4, 0.5) is 4.79 Å². The standard InChI is InChI=1S/C10H15N3O6S/c11-8(14)2-1-7(9(15)16)13-10(17)12-6-3-4-20(18,19)5-6/h3-4,6-7H,1-2,5H2,(H2,11,14)(H,15,16)(H2,12,13,17)/t6?,7-/m0/s1. The molecule has 0 aliphatic carbocycles. The Balaban J connectivity index is 2.48. The smallest absolute Gasteiger partial charge is 0.326 e. The first-order valence-corrected chi connectivity index (χ1v) is 7.40. The molecule has 0 aromatic rings. The van der Waals surface area contributed by atoms with E-state index < -0.39 is 39.8 Å². The Morgan fingerprint density at radius 1 is 1.40 bits per heavy atom. The number of carboxylic acids is 1. The second-order valence-electron chi connectivity index (χ2n) is 4.28. The number of carbonyl (C=O) groups is 3. The van der Waals surface area contributed by atoms with Gasteiger partial charge in [-0.05, 0) is 12.5 Å². The van der Waals surface area contributed by atoms with Gasteiger partial charge in [0.15, 0.2) is 9.84 Å². The highest BCUT2D eigenvalue weighted by molar-refractivity contribution is 7.94. The summed E-state index contributed by atoms with van der Waals surface area (Å²) in [5.74, 6) is -2.25. The molecule has 1 unspecified atom stereocenters. The number of sulfone groups is 1. The lowest BCUT2D eigenvalue weighted by Gasteiger charge is -2.16. The van der Waals surface area contributed by atoms with Crippen LogP contribution in [0.25, 0.3) is 0 Å². The Morgan fingerprint density at radius 2 is 2.05 bits per heavy atom. The molecule has 0 saturated heterocycles. The van der Waals surface area contributed by atoms with E-state index in [2.05, 4.69) is 10.6 Å². The van der Waals surface area contributed by atoms with Crippen LogP contribution < -0.4 is 16.4 Å². The van der Waals surface area contributed by atoms with Crippen LogP contribution in [0.15, 0.2) is 11.5 Å². The summed E-state index contributed by atoms with van der Waals surface area (Å²) in [6.07, 6.45) is 0.972. The Kier molecular flexibility index (Phi) is 5.08. The zero-order chi connectivity index (χ0) is 15.3. The third kappa shape index (κ3) is 5.26. The Labute approximate surface area is 115 Å². The Morgan fingerprint density at radius 3 is 2.50 bits per heavy atom. The largest absolute Gasteiger partial charge is 0.480 e. The van der Waals surface area contributed by atoms with Gasteiger partial charge in [0.05, 0.1) is 11.8 Å². The predicted molar refractivity (Wildman–Crippen MR) is 68.2 cm³/mol. The minimum Gasteiger partial charge on any atom is -0.480 e. The van der Waals surface area contributed by atoms with Gasteiger partial charge in [0.2, 0.25) is 5.91 Å². The molecule has 9 nitrogen and oxygen atoms in total. The summed E-state index contributed by atoms with van der Waals surface area (Å²) in [5.41, 5.74) is 4.90. The van der Waals surface area contributed by atoms with Gasteiger partial charge in [0, 0.05) is 11.8 Å². The number of hydrogen-bond acceptors (Lipinski definition) is 5. The van der Waals surface area contributed by atoms with Gasteiger partial charge in [-0.15, -0.1) is 0 Å². The highest BCUT2D eigenvalue weighted by Crippen LogP contribution is 2.07. The summed E-state index contributed by atoms with van der Waals surface area (Å²) in [6, 6.07) is -2.80. The number of nitrogens with one attached hydrogen (secondary N) is 2. The zero-order valence-corrected chi connectivity index (χ0v) is 11.2. The number of urea groups is 1. The van der Waals surface area contributed by atoms with E-state index in [4.69, 9.17) is 10.8 Å². The van der Waals surface area contributed by atoms with E-state index in [-0.39, 0.29) is 18.6 Å². The van der Waals surface area contributed by atoms with Crippen molar-refractivity contribution in [2.75, 3.05) is 5.75 Å². The molecule has 5 N–H and O–H groups in total. The number of carbonyl (C=O) groups excluding carboxylic acids is 2. The maximum Gasteiger partial charge on any atom is 0.326 e. The number of amides is 3. The molecule has 3 amide bonds. The molecule has 1 heterocycles. The lowest BCUT2D eigenvalue weighted by molar-refractivity contribution is -0.139. The number of hydrogen-bond donors (Lipinski definition) is 4. The molecule has 1 aliphatic rings. The molecule has 20 heavy (non-hydrogen) atoms. The molecule has 1 aliphatic heterocycles. The monoisotopic (exact) mass is 305 g/mol. The van der Waals surface area contributed by atoms with Crippen molar-refractivity contribution in [3.63, 3.8) is 0 Å². The first-order valence-electron chi connectivity index (χ1n) is 5.69. The molecule has 10 heteroatoms. The van der Waals surface area contributed by atoms with E-state index >= 15 is 0 Å². The molecular formula is C10H15N3O6S. The average Bonchev–Trinajstić information content (AvgIpc) is 2.63. The zero-order valence-electron chi connectivity index (χ0n) is 10.4. The van der Waals surface area contributed by atoms with Gasteiger partial charge in [0.25, 0.3) is 0 Å². The van der Waals surface area contributed by atoms with Crippen LogP contribution in [0.5, 0.6) is 0 Å². The van der Waals surface area contributed by atoms with Crippen molar-refractivity contribution < 1.29 is 27.9 Å². The Hall–Kier alpha value is -2.10. The van der Waals surface area contributed by atoms with Gasteiger partial charge in [-0.2, -0.15) is 0 Å². The van der Waals surface area contributed by atoms with Crippen molar-refractivity contribution in [1.29, 1.82) is 0 Å². The van der Waals surface area contributed by atoms with E-state index in [9.17, 15) is 22.8 Å². The highest BCUT2D eigenvalue weighted by Gasteiger charge is 2.25. The van der Waals surface area contributed by atoms with Crippen LogP contribution in [0.1, 0.15) is 12.8 Å². The molecule has 0 bridgehead atoms. The summed E-state index contributed by atoms with van der Waals surface area (Å²) in [5, 5.41) is 14.3. The fourth-order valence-corrected chi connectivity index (χ4v) is 2.81. The van der Waals surface area contributed by atoms with E-state index in [0.717, 1.165) is 5.41 Å². The summed E-state index contributed by atoms with van der Waals surface area (Å²) in [6.45, 7) is 0. The number of aliphatic carboxylic acids is 1. The van der Waals surface area contributed by atoms with Crippen molar-refractivity contribution >= 4 is 27.7 Å². The number of primary amides is 1. The minimum absolute atomic E-state index is 0.142. The lowest BCUT2D eigenvalue weighted by Crippen LogP contribution is -2.49. The molecule has 0 spiro atoms. The average molecular weight is 305 g/mol. The van der Waals surface area contributed by atoms with Crippen LogP contribution >= 0.6 is 0 Å². The maximum absolute atomic E-state index is 11.5. The van der Waals surface area contributed by atoms with Crippen LogP contribution in [0.2, 0.25) is 0 Å². The molecule has 2 atom stereocenters. The van der Waals surface area contributed by atoms with Crippen LogP contribution in [0.3, 0.4) is 0 Å². The lowest BCUT2D eigenvalue weighted by atomic mass is 10.1. The second kappa shape index (κ2) is 6.37. The van der Waals surface area contributed by atoms with E-state index in [1.54, 1.807) is 0 Å². The van der Waals surface area contributed by atoms with Crippen LogP contribution in [-0.2, 0) is 19.4 Å². The molecule has 112 valence electrons. The minimum atomic E-state index is -3.31. The van der Waals surface area contributed by atoms with Crippen molar-refractivity contribution in [2.24, 2.45) is 5.73 Å². The molecule has 0 aromatic heterocycles. The quantitative estimate of drug-likeness (QED) is 0.459. The molecular weight excluding hydrogens is 290 g/mol. The van der Waals surface area contributed by atoms with Gasteiger partial charge in [-0.25, -0.2) is 18.0 Å². The van der Waals surface area contributed by atoms with Gasteiger partial charge in [-0.3, -0.25) is 4.79 Å². The maximum atomic E-state index is 11.5. The van der Waals surface area contributed by atoms with E-state index in [1.165, 1.54) is 6.08 Å². The van der Waals surface area contributed by atoms with Gasteiger partial charge < -0.3 is 21.5 Å². The molecule has 0 aromatic carbocycles. The number of rotatable bonds is 6. The molecule has 0 saturated carbocycles.